The monoisotopic (exact) mass is 288 g/mol. The molecule has 0 atom stereocenters. The fourth-order valence-electron chi connectivity index (χ4n) is 1.89. The maximum Gasteiger partial charge on any atom is 0.258 e. The van der Waals surface area contributed by atoms with E-state index in [1.807, 2.05) is 0 Å². The highest BCUT2D eigenvalue weighted by Crippen LogP contribution is 2.06. The number of benzene rings is 1. The smallest absolute Gasteiger partial charge is 0.258 e. The average molecular weight is 289 g/mol. The molecule has 0 radical (unpaired) electrons. The van der Waals surface area contributed by atoms with Crippen LogP contribution in [-0.4, -0.2) is 19.5 Å². The van der Waals surface area contributed by atoms with Gasteiger partial charge in [-0.1, -0.05) is 23.7 Å². The Hall–Kier alpha value is -2.47. The number of fused-ring (bicyclic) bond motifs is 1. The molecule has 0 spiro atoms. The van der Waals surface area contributed by atoms with Crippen LogP contribution in [0.4, 0.5) is 0 Å². The van der Waals surface area contributed by atoms with E-state index in [-0.39, 0.29) is 22.8 Å². The summed E-state index contributed by atoms with van der Waals surface area (Å²) in [4.78, 5) is 34.4. The van der Waals surface area contributed by atoms with Crippen LogP contribution in [0, 0.1) is 0 Å². The molecule has 0 aliphatic rings. The van der Waals surface area contributed by atoms with E-state index in [0.717, 1.165) is 0 Å². The van der Waals surface area contributed by atoms with Crippen molar-refractivity contribution in [1.82, 2.24) is 19.5 Å². The number of para-hydroxylation sites is 1. The average Bonchev–Trinajstić information content (AvgIpc) is 2.42. The summed E-state index contributed by atoms with van der Waals surface area (Å²) >= 11 is 5.63. The molecule has 3 aromatic rings. The van der Waals surface area contributed by atoms with Crippen molar-refractivity contribution in [3.8, 4) is 0 Å². The van der Waals surface area contributed by atoms with Gasteiger partial charge in [0.2, 0.25) is 0 Å². The molecular weight excluding hydrogens is 280 g/mol. The lowest BCUT2D eigenvalue weighted by molar-refractivity contribution is 0.698. The summed E-state index contributed by atoms with van der Waals surface area (Å²) in [7, 11) is 0. The molecule has 0 amide bonds. The van der Waals surface area contributed by atoms with E-state index in [0.29, 0.717) is 16.7 Å². The number of aromatic nitrogens is 4. The first-order chi connectivity index (χ1) is 9.63. The Balaban J connectivity index is 2.07. The number of nitrogens with one attached hydrogen (secondary N) is 1. The van der Waals surface area contributed by atoms with Crippen molar-refractivity contribution in [2.45, 2.75) is 6.54 Å². The number of aromatic amines is 1. The summed E-state index contributed by atoms with van der Waals surface area (Å²) in [5.74, 6) is 0.389. The van der Waals surface area contributed by atoms with Crippen molar-refractivity contribution in [3.05, 3.63) is 68.3 Å². The Labute approximate surface area is 117 Å². The molecule has 3 rings (SSSR count). The number of halogens is 1. The first-order valence-corrected chi connectivity index (χ1v) is 6.21. The van der Waals surface area contributed by atoms with Gasteiger partial charge in [0.1, 0.15) is 11.0 Å². The second kappa shape index (κ2) is 4.90. The summed E-state index contributed by atoms with van der Waals surface area (Å²) < 4.78 is 1.32. The molecule has 2 aromatic heterocycles. The highest BCUT2D eigenvalue weighted by molar-refractivity contribution is 6.29. The van der Waals surface area contributed by atoms with Gasteiger partial charge in [0.15, 0.2) is 0 Å². The third-order valence-electron chi connectivity index (χ3n) is 2.83. The van der Waals surface area contributed by atoms with Crippen LogP contribution in [0.25, 0.3) is 10.9 Å². The minimum atomic E-state index is -0.305. The summed E-state index contributed by atoms with van der Waals surface area (Å²) in [5.41, 5.74) is 0.0441. The predicted molar refractivity (Wildman–Crippen MR) is 75.0 cm³/mol. The largest absolute Gasteiger partial charge is 0.308 e. The Morgan fingerprint density at radius 3 is 2.85 bits per heavy atom. The molecule has 100 valence electrons. The number of hydrogen-bond donors (Lipinski definition) is 1. The standard InChI is InChI=1S/C13H9ClN4O2/c14-10-5-12(19)18(7-15-10)6-11-16-9-4-2-1-3-8(9)13(20)17-11/h1-5,7H,6H2,(H,16,17,20). The summed E-state index contributed by atoms with van der Waals surface area (Å²) in [6.07, 6.45) is 1.32. The van der Waals surface area contributed by atoms with Gasteiger partial charge < -0.3 is 4.98 Å². The minimum Gasteiger partial charge on any atom is -0.308 e. The first kappa shape index (κ1) is 12.6. The Kier molecular flexibility index (Phi) is 3.08. The minimum absolute atomic E-state index is 0.128. The maximum atomic E-state index is 11.9. The van der Waals surface area contributed by atoms with E-state index in [9.17, 15) is 9.59 Å². The Morgan fingerprint density at radius 2 is 2.05 bits per heavy atom. The zero-order valence-corrected chi connectivity index (χ0v) is 11.0. The fraction of sp³-hybridized carbons (Fsp3) is 0.0769. The third-order valence-corrected chi connectivity index (χ3v) is 3.03. The number of nitrogens with zero attached hydrogens (tertiary/aromatic N) is 3. The molecule has 6 nitrogen and oxygen atoms in total. The lowest BCUT2D eigenvalue weighted by Gasteiger charge is -2.05. The van der Waals surface area contributed by atoms with Gasteiger partial charge >= 0.3 is 0 Å². The van der Waals surface area contributed by atoms with Crippen LogP contribution in [-0.2, 0) is 6.54 Å². The van der Waals surface area contributed by atoms with Crippen molar-refractivity contribution in [2.24, 2.45) is 0 Å². The van der Waals surface area contributed by atoms with Crippen molar-refractivity contribution < 1.29 is 0 Å². The van der Waals surface area contributed by atoms with E-state index in [1.54, 1.807) is 24.3 Å². The van der Waals surface area contributed by atoms with Crippen LogP contribution in [0.5, 0.6) is 0 Å². The van der Waals surface area contributed by atoms with Gasteiger partial charge in [-0.3, -0.25) is 14.2 Å². The van der Waals surface area contributed by atoms with Gasteiger partial charge in [-0.25, -0.2) is 9.97 Å². The fourth-order valence-corrected chi connectivity index (χ4v) is 2.03. The number of rotatable bonds is 2. The summed E-state index contributed by atoms with van der Waals surface area (Å²) in [5, 5.41) is 0.643. The molecule has 1 N–H and O–H groups in total. The molecule has 0 saturated heterocycles. The maximum absolute atomic E-state index is 11.9. The van der Waals surface area contributed by atoms with E-state index >= 15 is 0 Å². The van der Waals surface area contributed by atoms with E-state index < -0.39 is 0 Å². The van der Waals surface area contributed by atoms with Crippen LogP contribution in [0.15, 0.2) is 46.2 Å². The predicted octanol–water partition coefficient (Wildman–Crippen LogP) is 1.18. The molecule has 1 aromatic carbocycles. The van der Waals surface area contributed by atoms with E-state index in [4.69, 9.17) is 11.6 Å². The molecule has 0 aliphatic carbocycles. The van der Waals surface area contributed by atoms with Crippen LogP contribution < -0.4 is 11.1 Å². The SMILES string of the molecule is O=c1[nH]c(Cn2cnc(Cl)cc2=O)nc2ccccc12. The Morgan fingerprint density at radius 1 is 1.25 bits per heavy atom. The number of hydrogen-bond acceptors (Lipinski definition) is 4. The van der Waals surface area contributed by atoms with Gasteiger partial charge in [0, 0.05) is 6.07 Å². The summed E-state index contributed by atoms with van der Waals surface area (Å²) in [6.45, 7) is 0.128. The van der Waals surface area contributed by atoms with Crippen LogP contribution in [0.2, 0.25) is 5.15 Å². The van der Waals surface area contributed by atoms with Crippen LogP contribution >= 0.6 is 11.6 Å². The molecule has 7 heteroatoms. The van der Waals surface area contributed by atoms with Gasteiger partial charge in [-0.2, -0.15) is 0 Å². The topological polar surface area (TPSA) is 80.6 Å². The van der Waals surface area contributed by atoms with Crippen molar-refractivity contribution in [1.29, 1.82) is 0 Å². The highest BCUT2D eigenvalue weighted by atomic mass is 35.5. The normalized spacial score (nSPS) is 10.8. The van der Waals surface area contributed by atoms with Gasteiger partial charge in [-0.05, 0) is 12.1 Å². The van der Waals surface area contributed by atoms with Crippen molar-refractivity contribution >= 4 is 22.5 Å². The molecule has 0 fully saturated rings. The van der Waals surface area contributed by atoms with Crippen molar-refractivity contribution in [3.63, 3.8) is 0 Å². The second-order valence-corrected chi connectivity index (χ2v) is 4.59. The van der Waals surface area contributed by atoms with Crippen LogP contribution in [0.3, 0.4) is 0 Å². The van der Waals surface area contributed by atoms with E-state index in [2.05, 4.69) is 15.0 Å². The molecule has 2 heterocycles. The van der Waals surface area contributed by atoms with Gasteiger partial charge in [0.25, 0.3) is 11.1 Å². The third kappa shape index (κ3) is 2.33. The quantitative estimate of drug-likeness (QED) is 0.718. The lowest BCUT2D eigenvalue weighted by atomic mass is 10.2. The molecular formula is C13H9ClN4O2. The molecule has 0 bridgehead atoms. The number of H-pyrrole nitrogens is 1. The van der Waals surface area contributed by atoms with Crippen molar-refractivity contribution in [2.75, 3.05) is 0 Å². The van der Waals surface area contributed by atoms with Crippen LogP contribution in [0.1, 0.15) is 5.82 Å². The second-order valence-electron chi connectivity index (χ2n) is 4.21. The molecule has 0 unspecified atom stereocenters. The first-order valence-electron chi connectivity index (χ1n) is 5.83. The summed E-state index contributed by atoms with van der Waals surface area (Å²) in [6, 6.07) is 8.22. The zero-order chi connectivity index (χ0) is 14.1. The van der Waals surface area contributed by atoms with Gasteiger partial charge in [0.05, 0.1) is 23.8 Å². The van der Waals surface area contributed by atoms with E-state index in [1.165, 1.54) is 17.0 Å². The highest BCUT2D eigenvalue weighted by Gasteiger charge is 2.05. The lowest BCUT2D eigenvalue weighted by Crippen LogP contribution is -2.23. The molecule has 0 aliphatic heterocycles. The zero-order valence-electron chi connectivity index (χ0n) is 10.2. The molecule has 0 saturated carbocycles. The Bertz CT molecular complexity index is 901. The molecule has 20 heavy (non-hydrogen) atoms. The van der Waals surface area contributed by atoms with Gasteiger partial charge in [-0.15, -0.1) is 0 Å².